The first kappa shape index (κ1) is 31.2. The molecule has 49 heavy (non-hydrogen) atoms. The second-order valence-electron chi connectivity index (χ2n) is 14.0. The monoisotopic (exact) mass is 815 g/mol. The van der Waals surface area contributed by atoms with Crippen LogP contribution in [0, 0.1) is 0 Å². The first-order valence-electron chi connectivity index (χ1n) is 16.7. The summed E-state index contributed by atoms with van der Waals surface area (Å²) in [6.07, 6.45) is 9.37. The van der Waals surface area contributed by atoms with E-state index >= 15 is 0 Å². The average Bonchev–Trinajstić information content (AvgIpc) is 3.64. The number of nitrogens with zero attached hydrogens (tertiary/aromatic N) is 4. The molecule has 0 bridgehead atoms. The average molecular weight is 816 g/mol. The van der Waals surface area contributed by atoms with E-state index in [1.165, 1.54) is 49.6 Å². The van der Waals surface area contributed by atoms with Crippen molar-refractivity contribution in [1.29, 1.82) is 0 Å². The largest absolute Gasteiger partial charge is 0.325 e. The summed E-state index contributed by atoms with van der Waals surface area (Å²) in [5.74, 6) is 0.942. The van der Waals surface area contributed by atoms with Crippen molar-refractivity contribution in [3.8, 4) is 16.9 Å². The van der Waals surface area contributed by atoms with Gasteiger partial charge in [-0.15, -0.1) is 0 Å². The third kappa shape index (κ3) is 4.92. The Bertz CT molecular complexity index is 2480. The Morgan fingerprint density at radius 2 is 1.22 bits per heavy atom. The fourth-order valence-electron chi connectivity index (χ4n) is 7.76. The van der Waals surface area contributed by atoms with Crippen LogP contribution in [0.2, 0.25) is 0 Å². The topological polar surface area (TPSA) is 35.6 Å². The van der Waals surface area contributed by atoms with Crippen molar-refractivity contribution in [3.05, 3.63) is 168 Å². The molecule has 4 aromatic carbocycles. The molecule has 0 amide bonds. The number of benzene rings is 4. The Hall–Kier alpha value is -5.05. The van der Waals surface area contributed by atoms with E-state index in [9.17, 15) is 0 Å². The van der Waals surface area contributed by atoms with Gasteiger partial charge in [0.1, 0.15) is 11.4 Å². The van der Waals surface area contributed by atoms with Crippen LogP contribution in [0.3, 0.4) is 0 Å². The zero-order chi connectivity index (χ0) is 32.5. The minimum Gasteiger partial charge on any atom is -0.325 e. The van der Waals surface area contributed by atoms with Crippen molar-refractivity contribution >= 4 is 38.8 Å². The summed E-state index contributed by atoms with van der Waals surface area (Å²) in [5.41, 5.74) is 9.97. The minimum atomic E-state index is -0.631. The first-order chi connectivity index (χ1) is 23.4. The van der Waals surface area contributed by atoms with Crippen LogP contribution in [0.15, 0.2) is 146 Å². The molecule has 0 saturated carbocycles. The van der Waals surface area contributed by atoms with Crippen LogP contribution < -0.4 is 0 Å². The Labute approximate surface area is 301 Å². The second-order valence-corrected chi connectivity index (χ2v) is 14.0. The molecule has 1 aliphatic rings. The molecule has 0 saturated heterocycles. The minimum absolute atomic E-state index is 0. The third-order valence-corrected chi connectivity index (χ3v) is 10.1. The maximum atomic E-state index is 5.21. The van der Waals surface area contributed by atoms with Crippen molar-refractivity contribution in [2.75, 3.05) is 0 Å². The molecule has 0 radical (unpaired) electrons. The Balaban J connectivity index is 0.00000348. The van der Waals surface area contributed by atoms with Crippen molar-refractivity contribution in [2.24, 2.45) is 0 Å². The van der Waals surface area contributed by atoms with Crippen LogP contribution in [-0.2, 0) is 38.4 Å². The molecule has 5 heteroatoms. The molecule has 0 fully saturated rings. The molecule has 0 aliphatic heterocycles. The van der Waals surface area contributed by atoms with Gasteiger partial charge in [0.05, 0.1) is 22.2 Å². The van der Waals surface area contributed by atoms with Gasteiger partial charge in [-0.1, -0.05) is 118 Å². The third-order valence-electron chi connectivity index (χ3n) is 10.1. The number of hydrogen-bond donors (Lipinski definition) is 0. The second kappa shape index (κ2) is 11.8. The van der Waals surface area contributed by atoms with Gasteiger partial charge < -0.3 is 4.57 Å². The molecular weight excluding hydrogens is 780 g/mol. The van der Waals surface area contributed by atoms with Crippen molar-refractivity contribution in [3.63, 3.8) is 0 Å². The standard InChI is InChI=1S/C44H36N4.Pt/c1-43(2,3)32-23-26-46-42(28-32)47-37-18-10-7-15-33(37)36-21-24-44(29-40(36)47,41-27-31(22-25-45-41)30-13-5-4-6-14-30)48-38-19-11-8-16-34(38)35-17-9-12-20-39(35)48;/h4-28H,29H2,1-3H3;. The smallest absolute Gasteiger partial charge is 0.137 e. The fourth-order valence-corrected chi connectivity index (χ4v) is 7.76. The number of para-hydroxylation sites is 3. The molecule has 0 spiro atoms. The molecule has 4 nitrogen and oxygen atoms in total. The molecule has 4 aromatic heterocycles. The first-order valence-corrected chi connectivity index (χ1v) is 16.7. The van der Waals surface area contributed by atoms with Gasteiger partial charge in [-0.25, -0.2) is 4.98 Å². The number of pyridine rings is 2. The summed E-state index contributed by atoms with van der Waals surface area (Å²) in [5, 5.41) is 3.71. The van der Waals surface area contributed by atoms with Crippen molar-refractivity contribution in [2.45, 2.75) is 38.1 Å². The summed E-state index contributed by atoms with van der Waals surface area (Å²) in [7, 11) is 0. The van der Waals surface area contributed by atoms with Crippen LogP contribution >= 0.6 is 0 Å². The Morgan fingerprint density at radius 1 is 0.612 bits per heavy atom. The molecule has 8 aromatic rings. The van der Waals surface area contributed by atoms with E-state index in [1.807, 2.05) is 12.4 Å². The van der Waals surface area contributed by atoms with Crippen LogP contribution in [0.25, 0.3) is 55.7 Å². The van der Waals surface area contributed by atoms with Crippen LogP contribution in [-0.4, -0.2) is 19.1 Å². The van der Waals surface area contributed by atoms with E-state index in [2.05, 4.69) is 169 Å². The van der Waals surface area contributed by atoms with Gasteiger partial charge in [0.2, 0.25) is 0 Å². The van der Waals surface area contributed by atoms with E-state index in [1.54, 1.807) is 0 Å². The van der Waals surface area contributed by atoms with E-state index < -0.39 is 5.54 Å². The van der Waals surface area contributed by atoms with E-state index in [4.69, 9.17) is 9.97 Å². The molecule has 242 valence electrons. The van der Waals surface area contributed by atoms with Crippen LogP contribution in [0.4, 0.5) is 0 Å². The predicted octanol–water partition coefficient (Wildman–Crippen LogP) is 10.5. The molecule has 4 heterocycles. The SMILES string of the molecule is CC(C)(C)c1ccnc(-n2c3c(c4ccccc42)C=CC(c2cc(-c4ccccc4)ccn2)(n2c4ccccc4c4ccccc42)C3)c1.[Pt]. The molecule has 1 aliphatic carbocycles. The van der Waals surface area contributed by atoms with Crippen molar-refractivity contribution < 1.29 is 21.1 Å². The van der Waals surface area contributed by atoms with Gasteiger partial charge >= 0.3 is 0 Å². The number of fused-ring (bicyclic) bond motifs is 6. The number of allylic oxidation sites excluding steroid dienone is 1. The van der Waals surface area contributed by atoms with E-state index in [0.717, 1.165) is 22.6 Å². The van der Waals surface area contributed by atoms with Gasteiger partial charge in [-0.05, 0) is 64.6 Å². The normalized spacial score (nSPS) is 15.8. The van der Waals surface area contributed by atoms with Crippen molar-refractivity contribution in [1.82, 2.24) is 19.1 Å². The van der Waals surface area contributed by atoms with Crippen LogP contribution in [0.5, 0.6) is 0 Å². The zero-order valence-corrected chi connectivity index (χ0v) is 30.0. The molecule has 0 N–H and O–H groups in total. The number of rotatable bonds is 4. The predicted molar refractivity (Wildman–Crippen MR) is 199 cm³/mol. The number of aromatic nitrogens is 4. The van der Waals surface area contributed by atoms with Gasteiger partial charge in [0.15, 0.2) is 0 Å². The van der Waals surface area contributed by atoms with Crippen LogP contribution in [0.1, 0.15) is 43.3 Å². The Kier molecular flexibility index (Phi) is 7.54. The Morgan fingerprint density at radius 3 is 1.92 bits per heavy atom. The molecule has 1 atom stereocenters. The fraction of sp³-hybridized carbons (Fsp3) is 0.136. The maximum absolute atomic E-state index is 5.21. The zero-order valence-electron chi connectivity index (χ0n) is 27.7. The molecule has 9 rings (SSSR count). The van der Waals surface area contributed by atoms with Gasteiger partial charge in [0.25, 0.3) is 0 Å². The summed E-state index contributed by atoms with van der Waals surface area (Å²) in [4.78, 5) is 10.2. The quantitative estimate of drug-likeness (QED) is 0.177. The van der Waals surface area contributed by atoms with Gasteiger partial charge in [-0.2, -0.15) is 0 Å². The molecular formula is C44H36N4Pt. The summed E-state index contributed by atoms with van der Waals surface area (Å²) >= 11 is 0. The molecule has 1 unspecified atom stereocenters. The maximum Gasteiger partial charge on any atom is 0.137 e. The number of hydrogen-bond acceptors (Lipinski definition) is 2. The van der Waals surface area contributed by atoms with E-state index in [0.29, 0.717) is 6.42 Å². The summed E-state index contributed by atoms with van der Waals surface area (Å²) in [6, 6.07) is 45.7. The summed E-state index contributed by atoms with van der Waals surface area (Å²) < 4.78 is 4.93. The van der Waals surface area contributed by atoms with Gasteiger partial charge in [-0.3, -0.25) is 9.55 Å². The summed E-state index contributed by atoms with van der Waals surface area (Å²) in [6.45, 7) is 6.78. The van der Waals surface area contributed by atoms with E-state index in [-0.39, 0.29) is 26.5 Å². The van der Waals surface area contributed by atoms with Gasteiger partial charge in [0, 0.05) is 67.3 Å².